The van der Waals surface area contributed by atoms with Gasteiger partial charge in [-0.05, 0) is 50.2 Å². The van der Waals surface area contributed by atoms with Crippen molar-refractivity contribution in [1.82, 2.24) is 4.98 Å². The molecular weight excluding hydrogens is 238 g/mol. The van der Waals surface area contributed by atoms with Crippen LogP contribution in [-0.4, -0.2) is 16.6 Å². The Balaban J connectivity index is 2.37. The van der Waals surface area contributed by atoms with Gasteiger partial charge in [0, 0.05) is 32.9 Å². The molecule has 2 aromatic carbocycles. The second kappa shape index (κ2) is 4.05. The lowest BCUT2D eigenvalue weighted by atomic mass is 10.0. The van der Waals surface area contributed by atoms with Crippen molar-refractivity contribution in [1.29, 1.82) is 0 Å². The molecule has 94 valence electrons. The monoisotopic (exact) mass is 251 g/mol. The molecule has 0 unspecified atom stereocenters. The standard InChI is InChI=1S/C16H13NO2/c1-9(18)11-3-5-15-13(7-11)14-8-12(10(2)19)4-6-16(14)17-15/h3-8,17H,1-2H3. The molecular formula is C16H13NO2. The second-order valence-corrected chi connectivity index (χ2v) is 4.76. The van der Waals surface area contributed by atoms with Crippen molar-refractivity contribution < 1.29 is 9.59 Å². The Morgan fingerprint density at radius 2 is 1.21 bits per heavy atom. The van der Waals surface area contributed by atoms with Crippen LogP contribution in [0.3, 0.4) is 0 Å². The zero-order valence-electron chi connectivity index (χ0n) is 10.8. The fourth-order valence-corrected chi connectivity index (χ4v) is 2.34. The number of benzene rings is 2. The van der Waals surface area contributed by atoms with Crippen molar-refractivity contribution >= 4 is 33.4 Å². The molecule has 0 fully saturated rings. The van der Waals surface area contributed by atoms with E-state index in [-0.39, 0.29) is 11.6 Å². The topological polar surface area (TPSA) is 49.9 Å². The van der Waals surface area contributed by atoms with Gasteiger partial charge in [-0.15, -0.1) is 0 Å². The maximum Gasteiger partial charge on any atom is 0.159 e. The summed E-state index contributed by atoms with van der Waals surface area (Å²) in [6.07, 6.45) is 0. The summed E-state index contributed by atoms with van der Waals surface area (Å²) < 4.78 is 0. The number of hydrogen-bond donors (Lipinski definition) is 1. The molecule has 0 aliphatic heterocycles. The summed E-state index contributed by atoms with van der Waals surface area (Å²) in [5, 5.41) is 1.96. The number of carbonyl (C=O) groups is 2. The fourth-order valence-electron chi connectivity index (χ4n) is 2.34. The van der Waals surface area contributed by atoms with Crippen LogP contribution in [0.4, 0.5) is 0 Å². The predicted molar refractivity (Wildman–Crippen MR) is 75.8 cm³/mol. The Hall–Kier alpha value is -2.42. The van der Waals surface area contributed by atoms with Crippen LogP contribution >= 0.6 is 0 Å². The number of ketones is 2. The summed E-state index contributed by atoms with van der Waals surface area (Å²) in [5.41, 5.74) is 3.31. The third kappa shape index (κ3) is 1.83. The Morgan fingerprint density at radius 1 is 0.789 bits per heavy atom. The van der Waals surface area contributed by atoms with Crippen LogP contribution in [0.2, 0.25) is 0 Å². The van der Waals surface area contributed by atoms with E-state index in [0.29, 0.717) is 11.1 Å². The van der Waals surface area contributed by atoms with E-state index in [1.807, 2.05) is 36.4 Å². The van der Waals surface area contributed by atoms with Gasteiger partial charge in [0.05, 0.1) is 0 Å². The van der Waals surface area contributed by atoms with Crippen LogP contribution in [0.1, 0.15) is 34.6 Å². The van der Waals surface area contributed by atoms with Crippen molar-refractivity contribution in [3.8, 4) is 0 Å². The summed E-state index contributed by atoms with van der Waals surface area (Å²) in [6, 6.07) is 11.2. The summed E-state index contributed by atoms with van der Waals surface area (Å²) >= 11 is 0. The minimum absolute atomic E-state index is 0.0407. The predicted octanol–water partition coefficient (Wildman–Crippen LogP) is 3.73. The van der Waals surface area contributed by atoms with Crippen LogP contribution in [0.15, 0.2) is 36.4 Å². The maximum atomic E-state index is 11.5. The highest BCUT2D eigenvalue weighted by Crippen LogP contribution is 2.27. The molecule has 3 heteroatoms. The van der Waals surface area contributed by atoms with Crippen LogP contribution in [0.5, 0.6) is 0 Å². The second-order valence-electron chi connectivity index (χ2n) is 4.76. The third-order valence-corrected chi connectivity index (χ3v) is 3.41. The molecule has 1 N–H and O–H groups in total. The lowest BCUT2D eigenvalue weighted by Crippen LogP contribution is -1.91. The van der Waals surface area contributed by atoms with Crippen molar-refractivity contribution in [3.05, 3.63) is 47.5 Å². The van der Waals surface area contributed by atoms with Crippen LogP contribution in [0.25, 0.3) is 21.8 Å². The molecule has 0 aliphatic rings. The van der Waals surface area contributed by atoms with E-state index in [1.165, 1.54) is 0 Å². The first-order valence-corrected chi connectivity index (χ1v) is 6.13. The molecule has 0 saturated heterocycles. The quantitative estimate of drug-likeness (QED) is 0.705. The first-order valence-electron chi connectivity index (χ1n) is 6.13. The molecule has 0 radical (unpaired) electrons. The van der Waals surface area contributed by atoms with E-state index >= 15 is 0 Å². The zero-order chi connectivity index (χ0) is 13.6. The molecule has 0 aliphatic carbocycles. The summed E-state index contributed by atoms with van der Waals surface area (Å²) in [4.78, 5) is 26.2. The molecule has 3 rings (SSSR count). The van der Waals surface area contributed by atoms with Gasteiger partial charge in [0.2, 0.25) is 0 Å². The van der Waals surface area contributed by atoms with Gasteiger partial charge in [0.25, 0.3) is 0 Å². The zero-order valence-corrected chi connectivity index (χ0v) is 10.8. The van der Waals surface area contributed by atoms with Crippen molar-refractivity contribution in [2.45, 2.75) is 13.8 Å². The molecule has 3 nitrogen and oxygen atoms in total. The fraction of sp³-hybridized carbons (Fsp3) is 0.125. The van der Waals surface area contributed by atoms with E-state index in [4.69, 9.17) is 0 Å². The SMILES string of the molecule is CC(=O)c1ccc2[nH]c3ccc(C(C)=O)cc3c2c1. The van der Waals surface area contributed by atoms with Crippen molar-refractivity contribution in [2.24, 2.45) is 0 Å². The van der Waals surface area contributed by atoms with E-state index in [9.17, 15) is 9.59 Å². The van der Waals surface area contributed by atoms with Gasteiger partial charge in [0.15, 0.2) is 11.6 Å². The summed E-state index contributed by atoms with van der Waals surface area (Å²) in [5.74, 6) is 0.0814. The van der Waals surface area contributed by atoms with E-state index < -0.39 is 0 Å². The molecule has 0 amide bonds. The largest absolute Gasteiger partial charge is 0.355 e. The number of Topliss-reactive ketones (excluding diaryl/α,β-unsaturated/α-hetero) is 2. The number of carbonyl (C=O) groups excluding carboxylic acids is 2. The normalized spacial score (nSPS) is 11.1. The smallest absolute Gasteiger partial charge is 0.159 e. The number of H-pyrrole nitrogens is 1. The molecule has 0 spiro atoms. The van der Waals surface area contributed by atoms with Crippen LogP contribution < -0.4 is 0 Å². The lowest BCUT2D eigenvalue weighted by molar-refractivity contribution is 0.100. The molecule has 0 bridgehead atoms. The minimum atomic E-state index is 0.0407. The third-order valence-electron chi connectivity index (χ3n) is 3.41. The number of rotatable bonds is 2. The molecule has 1 aromatic heterocycles. The van der Waals surface area contributed by atoms with Crippen LogP contribution in [-0.2, 0) is 0 Å². The Morgan fingerprint density at radius 3 is 1.58 bits per heavy atom. The Kier molecular flexibility index (Phi) is 2.49. The number of nitrogens with one attached hydrogen (secondary N) is 1. The summed E-state index contributed by atoms with van der Waals surface area (Å²) in [6.45, 7) is 3.11. The maximum absolute atomic E-state index is 11.5. The van der Waals surface area contributed by atoms with Crippen LogP contribution in [0, 0.1) is 0 Å². The Labute approximate surface area is 110 Å². The average Bonchev–Trinajstić information content (AvgIpc) is 2.75. The number of hydrogen-bond acceptors (Lipinski definition) is 2. The van der Waals surface area contributed by atoms with E-state index in [2.05, 4.69) is 4.98 Å². The highest BCUT2D eigenvalue weighted by Gasteiger charge is 2.09. The molecule has 0 atom stereocenters. The highest BCUT2D eigenvalue weighted by atomic mass is 16.1. The Bertz CT molecular complexity index is 759. The lowest BCUT2D eigenvalue weighted by Gasteiger charge is -1.98. The van der Waals surface area contributed by atoms with Gasteiger partial charge in [-0.1, -0.05) is 0 Å². The van der Waals surface area contributed by atoms with Crippen molar-refractivity contribution in [3.63, 3.8) is 0 Å². The summed E-state index contributed by atoms with van der Waals surface area (Å²) in [7, 11) is 0. The van der Waals surface area contributed by atoms with E-state index in [1.54, 1.807) is 13.8 Å². The molecule has 3 aromatic rings. The minimum Gasteiger partial charge on any atom is -0.355 e. The van der Waals surface area contributed by atoms with Gasteiger partial charge in [-0.2, -0.15) is 0 Å². The van der Waals surface area contributed by atoms with Gasteiger partial charge in [-0.25, -0.2) is 0 Å². The molecule has 19 heavy (non-hydrogen) atoms. The van der Waals surface area contributed by atoms with Gasteiger partial charge in [0.1, 0.15) is 0 Å². The van der Waals surface area contributed by atoms with Gasteiger partial charge >= 0.3 is 0 Å². The first kappa shape index (κ1) is 11.7. The van der Waals surface area contributed by atoms with E-state index in [0.717, 1.165) is 21.8 Å². The van der Waals surface area contributed by atoms with Gasteiger partial charge in [-0.3, -0.25) is 9.59 Å². The van der Waals surface area contributed by atoms with Crippen molar-refractivity contribution in [2.75, 3.05) is 0 Å². The molecule has 1 heterocycles. The number of aromatic nitrogens is 1. The first-order chi connectivity index (χ1) is 9.06. The highest BCUT2D eigenvalue weighted by molar-refractivity contribution is 6.12. The van der Waals surface area contributed by atoms with Gasteiger partial charge < -0.3 is 4.98 Å². The number of fused-ring (bicyclic) bond motifs is 3. The molecule has 0 saturated carbocycles. The number of aromatic amines is 1. The average molecular weight is 251 g/mol.